The average Bonchev–Trinajstić information content (AvgIpc) is 2.73. The van der Waals surface area contributed by atoms with Crippen molar-refractivity contribution in [3.63, 3.8) is 0 Å². The number of aryl methyl sites for hydroxylation is 1. The zero-order valence-corrected chi connectivity index (χ0v) is 21.3. The molecular formula is C27H45F3O3. The molecule has 1 atom stereocenters. The molecule has 0 saturated carbocycles. The van der Waals surface area contributed by atoms with Gasteiger partial charge in [-0.1, -0.05) is 58.3 Å². The van der Waals surface area contributed by atoms with E-state index in [-0.39, 0.29) is 18.3 Å². The van der Waals surface area contributed by atoms with Crippen LogP contribution >= 0.6 is 0 Å². The Labute approximate surface area is 199 Å². The number of hydrogen-bond acceptors (Lipinski definition) is 3. The Morgan fingerprint density at radius 1 is 0.667 bits per heavy atom. The molecule has 1 aromatic rings. The lowest BCUT2D eigenvalue weighted by atomic mass is 10.0. The van der Waals surface area contributed by atoms with Crippen molar-refractivity contribution in [1.82, 2.24) is 0 Å². The third kappa shape index (κ3) is 14.0. The van der Waals surface area contributed by atoms with Gasteiger partial charge in [-0.3, -0.25) is 0 Å². The first-order chi connectivity index (χ1) is 15.7. The maximum atomic E-state index is 13.4. The fourth-order valence-corrected chi connectivity index (χ4v) is 3.76. The lowest BCUT2D eigenvalue weighted by Gasteiger charge is -2.28. The third-order valence-corrected chi connectivity index (χ3v) is 5.48. The van der Waals surface area contributed by atoms with E-state index in [9.17, 15) is 13.2 Å². The van der Waals surface area contributed by atoms with Crippen LogP contribution in [0, 0.1) is 17.5 Å². The van der Waals surface area contributed by atoms with E-state index in [2.05, 4.69) is 6.92 Å². The van der Waals surface area contributed by atoms with Crippen LogP contribution in [-0.2, 0) is 20.6 Å². The van der Waals surface area contributed by atoms with Gasteiger partial charge in [-0.25, -0.2) is 13.2 Å². The SMILES string of the molecule is CCCCCCCCCC(CCCCc1cc(F)c(F)c(F)c1)OC(OC(C)C)OC(C)C. The molecule has 0 spiro atoms. The molecule has 0 aromatic heterocycles. The molecule has 192 valence electrons. The van der Waals surface area contributed by atoms with Crippen LogP contribution in [0.15, 0.2) is 12.1 Å². The maximum Gasteiger partial charge on any atom is 0.272 e. The van der Waals surface area contributed by atoms with E-state index in [0.717, 1.165) is 44.2 Å². The molecule has 0 aliphatic rings. The second-order valence-corrected chi connectivity index (χ2v) is 9.45. The van der Waals surface area contributed by atoms with E-state index in [1.807, 2.05) is 27.7 Å². The van der Waals surface area contributed by atoms with Crippen molar-refractivity contribution >= 4 is 0 Å². The van der Waals surface area contributed by atoms with Crippen molar-refractivity contribution in [2.24, 2.45) is 0 Å². The highest BCUT2D eigenvalue weighted by atomic mass is 19.2. The topological polar surface area (TPSA) is 27.7 Å². The van der Waals surface area contributed by atoms with Gasteiger partial charge >= 0.3 is 0 Å². The molecule has 0 radical (unpaired) electrons. The minimum atomic E-state index is -1.41. The molecule has 0 N–H and O–H groups in total. The van der Waals surface area contributed by atoms with Gasteiger partial charge in [0.2, 0.25) is 0 Å². The van der Waals surface area contributed by atoms with Gasteiger partial charge in [0.1, 0.15) is 0 Å². The van der Waals surface area contributed by atoms with E-state index >= 15 is 0 Å². The largest absolute Gasteiger partial charge is 0.327 e. The molecule has 1 rings (SSSR count). The van der Waals surface area contributed by atoms with Gasteiger partial charge in [-0.15, -0.1) is 0 Å². The van der Waals surface area contributed by atoms with Gasteiger partial charge in [0, 0.05) is 0 Å². The highest BCUT2D eigenvalue weighted by molar-refractivity contribution is 5.19. The Hall–Kier alpha value is -1.11. The molecule has 1 unspecified atom stereocenters. The molecule has 0 bridgehead atoms. The van der Waals surface area contributed by atoms with Gasteiger partial charge in [-0.05, 0) is 71.1 Å². The zero-order chi connectivity index (χ0) is 24.6. The van der Waals surface area contributed by atoms with Gasteiger partial charge in [-0.2, -0.15) is 0 Å². The second-order valence-electron chi connectivity index (χ2n) is 9.45. The summed E-state index contributed by atoms with van der Waals surface area (Å²) in [6.45, 7) is 9.32. The van der Waals surface area contributed by atoms with Crippen molar-refractivity contribution < 1.29 is 27.4 Å². The van der Waals surface area contributed by atoms with Gasteiger partial charge in [0.25, 0.3) is 6.48 Å². The Morgan fingerprint density at radius 2 is 1.15 bits per heavy atom. The number of unbranched alkanes of at least 4 members (excludes halogenated alkanes) is 7. The standard InChI is InChI=1S/C27H45F3O3/c1-6-7-8-9-10-11-12-16-23(33-27(31-20(2)3)32-21(4)5)17-14-13-15-22-18-24(28)26(30)25(29)19-22/h18-21,23,27H,6-17H2,1-5H3. The summed E-state index contributed by atoms with van der Waals surface area (Å²) in [4.78, 5) is 0. The molecule has 0 heterocycles. The summed E-state index contributed by atoms with van der Waals surface area (Å²) in [5.74, 6) is -3.68. The fourth-order valence-electron chi connectivity index (χ4n) is 3.76. The monoisotopic (exact) mass is 474 g/mol. The molecule has 1 aromatic carbocycles. The minimum Gasteiger partial charge on any atom is -0.327 e. The summed E-state index contributed by atoms with van der Waals surface area (Å²) in [5.41, 5.74) is 0.472. The Bertz CT molecular complexity index is 604. The summed E-state index contributed by atoms with van der Waals surface area (Å²) in [6.07, 6.45) is 12.4. The van der Waals surface area contributed by atoms with Crippen LogP contribution in [-0.4, -0.2) is 24.8 Å². The number of benzene rings is 1. The number of hydrogen-bond donors (Lipinski definition) is 0. The molecule has 6 heteroatoms. The predicted molar refractivity (Wildman–Crippen MR) is 128 cm³/mol. The molecule has 0 amide bonds. The normalized spacial score (nSPS) is 12.9. The van der Waals surface area contributed by atoms with Gasteiger partial charge in [0.15, 0.2) is 17.5 Å². The molecule has 0 saturated heterocycles. The molecule has 0 aliphatic carbocycles. The maximum absolute atomic E-state index is 13.4. The number of ether oxygens (including phenoxy) is 3. The van der Waals surface area contributed by atoms with Crippen LogP contribution in [0.4, 0.5) is 13.2 Å². The van der Waals surface area contributed by atoms with Gasteiger partial charge < -0.3 is 14.2 Å². The van der Waals surface area contributed by atoms with E-state index < -0.39 is 23.9 Å². The lowest BCUT2D eigenvalue weighted by Crippen LogP contribution is -2.31. The lowest BCUT2D eigenvalue weighted by molar-refractivity contribution is -0.327. The van der Waals surface area contributed by atoms with Crippen molar-refractivity contribution in [3.05, 3.63) is 35.1 Å². The molecule has 0 aliphatic heterocycles. The van der Waals surface area contributed by atoms with Crippen molar-refractivity contribution in [1.29, 1.82) is 0 Å². The van der Waals surface area contributed by atoms with E-state index in [1.165, 1.54) is 38.5 Å². The smallest absolute Gasteiger partial charge is 0.272 e. The van der Waals surface area contributed by atoms with E-state index in [4.69, 9.17) is 14.2 Å². The van der Waals surface area contributed by atoms with Crippen LogP contribution in [0.1, 0.15) is 111 Å². The summed E-state index contributed by atoms with van der Waals surface area (Å²) >= 11 is 0. The highest BCUT2D eigenvalue weighted by Gasteiger charge is 2.20. The molecule has 3 nitrogen and oxygen atoms in total. The minimum absolute atomic E-state index is 0.00941. The van der Waals surface area contributed by atoms with Crippen molar-refractivity contribution in [3.8, 4) is 0 Å². The third-order valence-electron chi connectivity index (χ3n) is 5.48. The predicted octanol–water partition coefficient (Wildman–Crippen LogP) is 8.48. The fraction of sp³-hybridized carbons (Fsp3) is 0.778. The first-order valence-corrected chi connectivity index (χ1v) is 12.8. The second kappa shape index (κ2) is 17.3. The number of halogens is 3. The number of rotatable bonds is 19. The Kier molecular flexibility index (Phi) is 15.7. The Morgan fingerprint density at radius 3 is 1.67 bits per heavy atom. The van der Waals surface area contributed by atoms with Crippen LogP contribution in [0.25, 0.3) is 0 Å². The Balaban J connectivity index is 2.56. The first kappa shape index (κ1) is 29.9. The summed E-state index contributed by atoms with van der Waals surface area (Å²) in [7, 11) is 0. The molecular weight excluding hydrogens is 429 g/mol. The first-order valence-electron chi connectivity index (χ1n) is 12.8. The van der Waals surface area contributed by atoms with Crippen LogP contribution in [0.3, 0.4) is 0 Å². The van der Waals surface area contributed by atoms with Crippen molar-refractivity contribution in [2.75, 3.05) is 0 Å². The highest BCUT2D eigenvalue weighted by Crippen LogP contribution is 2.21. The average molecular weight is 475 g/mol. The molecule has 33 heavy (non-hydrogen) atoms. The van der Waals surface area contributed by atoms with Crippen molar-refractivity contribution in [2.45, 2.75) is 136 Å². The van der Waals surface area contributed by atoms with E-state index in [1.54, 1.807) is 0 Å². The quantitative estimate of drug-likeness (QED) is 0.114. The summed E-state index contributed by atoms with van der Waals surface area (Å²) < 4.78 is 57.9. The molecule has 0 fully saturated rings. The summed E-state index contributed by atoms with van der Waals surface area (Å²) in [5, 5.41) is 0. The summed E-state index contributed by atoms with van der Waals surface area (Å²) in [6, 6.07) is 2.15. The van der Waals surface area contributed by atoms with Crippen LogP contribution in [0.2, 0.25) is 0 Å². The van der Waals surface area contributed by atoms with E-state index in [0.29, 0.717) is 12.0 Å². The van der Waals surface area contributed by atoms with Crippen LogP contribution in [0.5, 0.6) is 0 Å². The zero-order valence-electron chi connectivity index (χ0n) is 21.3. The van der Waals surface area contributed by atoms with Crippen LogP contribution < -0.4 is 0 Å². The van der Waals surface area contributed by atoms with Gasteiger partial charge in [0.05, 0.1) is 18.3 Å².